The third kappa shape index (κ3) is 4.19. The van der Waals surface area contributed by atoms with Crippen molar-refractivity contribution in [3.63, 3.8) is 0 Å². The van der Waals surface area contributed by atoms with Crippen LogP contribution in [0, 0.1) is 0 Å². The Morgan fingerprint density at radius 3 is 2.59 bits per heavy atom. The largest absolute Gasteiger partial charge is 0.463 e. The molecule has 4 aromatic rings. The number of amides is 1. The van der Waals surface area contributed by atoms with Crippen LogP contribution in [-0.4, -0.2) is 25.7 Å². The summed E-state index contributed by atoms with van der Waals surface area (Å²) >= 11 is 0. The number of nitrogens with zero attached hydrogens (tertiary/aromatic N) is 3. The van der Waals surface area contributed by atoms with Crippen LogP contribution in [0.5, 0.6) is 0 Å². The fourth-order valence-electron chi connectivity index (χ4n) is 4.18. The van der Waals surface area contributed by atoms with Crippen molar-refractivity contribution in [2.75, 3.05) is 5.32 Å². The number of hydrogen-bond acceptors (Lipinski definition) is 5. The quantitative estimate of drug-likeness (QED) is 0.464. The number of aromatic amines is 1. The lowest BCUT2D eigenvalue weighted by molar-refractivity contribution is 0.102. The van der Waals surface area contributed by atoms with Crippen LogP contribution in [0.1, 0.15) is 60.8 Å². The second-order valence-corrected chi connectivity index (χ2v) is 9.61. The Morgan fingerprint density at radius 2 is 1.88 bits per heavy atom. The van der Waals surface area contributed by atoms with Gasteiger partial charge in [0.05, 0.1) is 12.0 Å². The summed E-state index contributed by atoms with van der Waals surface area (Å²) in [6.07, 6.45) is 5.01. The Morgan fingerprint density at radius 1 is 1.12 bits per heavy atom. The number of nitrogens with one attached hydrogen (secondary N) is 2. The number of aryl methyl sites for hydroxylation is 1. The lowest BCUT2D eigenvalue weighted by Gasteiger charge is -2.19. The average molecular weight is 458 g/mol. The van der Waals surface area contributed by atoms with E-state index in [9.17, 15) is 9.59 Å². The van der Waals surface area contributed by atoms with E-state index < -0.39 is 0 Å². The molecule has 0 fully saturated rings. The monoisotopic (exact) mass is 457 g/mol. The Kier molecular flexibility index (Phi) is 5.43. The topological polar surface area (TPSA) is 106 Å². The summed E-state index contributed by atoms with van der Waals surface area (Å²) in [6.45, 7) is 6.38. The number of anilines is 1. The highest BCUT2D eigenvalue weighted by atomic mass is 16.3. The number of carbonyl (C=O) groups excluding carboxylic acids is 1. The highest BCUT2D eigenvalue weighted by Gasteiger charge is 2.21. The van der Waals surface area contributed by atoms with Crippen molar-refractivity contribution in [1.29, 1.82) is 0 Å². The number of aromatic nitrogens is 4. The highest BCUT2D eigenvalue weighted by Crippen LogP contribution is 2.26. The van der Waals surface area contributed by atoms with E-state index in [1.807, 2.05) is 24.3 Å². The Balaban J connectivity index is 1.53. The Bertz CT molecular complexity index is 1390. The van der Waals surface area contributed by atoms with Crippen LogP contribution in [0.3, 0.4) is 0 Å². The second-order valence-electron chi connectivity index (χ2n) is 9.61. The van der Waals surface area contributed by atoms with Gasteiger partial charge in [0.25, 0.3) is 11.5 Å². The van der Waals surface area contributed by atoms with E-state index in [1.165, 1.54) is 4.68 Å². The zero-order valence-electron chi connectivity index (χ0n) is 19.5. The van der Waals surface area contributed by atoms with Crippen molar-refractivity contribution in [3.05, 3.63) is 81.5 Å². The zero-order chi connectivity index (χ0) is 23.9. The first-order valence-corrected chi connectivity index (χ1v) is 11.5. The van der Waals surface area contributed by atoms with Crippen LogP contribution in [0.25, 0.3) is 17.4 Å². The first kappa shape index (κ1) is 21.9. The summed E-state index contributed by atoms with van der Waals surface area (Å²) in [6, 6.07) is 12.8. The lowest BCUT2D eigenvalue weighted by Crippen LogP contribution is -2.24. The molecule has 3 heterocycles. The van der Waals surface area contributed by atoms with Gasteiger partial charge in [-0.05, 0) is 60.9 Å². The van der Waals surface area contributed by atoms with E-state index in [0.717, 1.165) is 42.5 Å². The molecule has 0 saturated heterocycles. The summed E-state index contributed by atoms with van der Waals surface area (Å²) in [5, 5.41) is 7.50. The Labute approximate surface area is 197 Å². The van der Waals surface area contributed by atoms with Gasteiger partial charge in [-0.3, -0.25) is 14.6 Å². The minimum atomic E-state index is -0.284. The number of benzene rings is 1. The first-order valence-electron chi connectivity index (χ1n) is 11.5. The van der Waals surface area contributed by atoms with E-state index in [2.05, 4.69) is 41.2 Å². The van der Waals surface area contributed by atoms with Crippen LogP contribution in [0.4, 0.5) is 5.82 Å². The highest BCUT2D eigenvalue weighted by molar-refractivity contribution is 6.04. The molecular weight excluding hydrogens is 430 g/mol. The van der Waals surface area contributed by atoms with Gasteiger partial charge in [-0.15, -0.1) is 0 Å². The molecule has 0 unspecified atom stereocenters. The van der Waals surface area contributed by atoms with Crippen molar-refractivity contribution in [2.24, 2.45) is 0 Å². The van der Waals surface area contributed by atoms with Gasteiger partial charge in [-0.2, -0.15) is 9.78 Å². The van der Waals surface area contributed by atoms with Gasteiger partial charge in [0, 0.05) is 17.2 Å². The molecule has 1 aliphatic carbocycles. The maximum atomic E-state index is 13.1. The molecule has 2 N–H and O–H groups in total. The summed E-state index contributed by atoms with van der Waals surface area (Å²) in [7, 11) is 0. The maximum absolute atomic E-state index is 13.1. The van der Waals surface area contributed by atoms with Gasteiger partial charge in [0.1, 0.15) is 11.5 Å². The summed E-state index contributed by atoms with van der Waals surface area (Å²) in [5.41, 5.74) is 3.54. The smallest absolute Gasteiger partial charge is 0.256 e. The number of furan rings is 1. The van der Waals surface area contributed by atoms with Crippen molar-refractivity contribution >= 4 is 11.7 Å². The van der Waals surface area contributed by atoms with E-state index in [4.69, 9.17) is 4.42 Å². The Hall–Kier alpha value is -3.94. The minimum Gasteiger partial charge on any atom is -0.463 e. The van der Waals surface area contributed by atoms with Crippen LogP contribution in [-0.2, 0) is 18.3 Å². The van der Waals surface area contributed by atoms with E-state index >= 15 is 0 Å². The summed E-state index contributed by atoms with van der Waals surface area (Å²) in [4.78, 5) is 33.3. The van der Waals surface area contributed by atoms with Gasteiger partial charge >= 0.3 is 0 Å². The molecule has 1 amide bonds. The molecule has 0 spiro atoms. The van der Waals surface area contributed by atoms with Gasteiger partial charge in [0.2, 0.25) is 5.95 Å². The van der Waals surface area contributed by atoms with E-state index in [-0.39, 0.29) is 22.8 Å². The number of H-pyrrole nitrogens is 1. The predicted molar refractivity (Wildman–Crippen MR) is 129 cm³/mol. The van der Waals surface area contributed by atoms with Crippen LogP contribution < -0.4 is 10.9 Å². The normalized spacial score (nSPS) is 13.5. The van der Waals surface area contributed by atoms with Gasteiger partial charge in [-0.1, -0.05) is 32.9 Å². The van der Waals surface area contributed by atoms with E-state index in [1.54, 1.807) is 24.5 Å². The average Bonchev–Trinajstić information content (AvgIpc) is 3.49. The summed E-state index contributed by atoms with van der Waals surface area (Å²) in [5.74, 6) is 0.911. The SMILES string of the molecule is CC(C)(C)c1ccc(C(=O)Nc2cc(-c3ccco3)nn2-c2nc3c(c(=O)[nH]2)CCCC3)cc1. The van der Waals surface area contributed by atoms with Crippen molar-refractivity contribution in [1.82, 2.24) is 19.7 Å². The summed E-state index contributed by atoms with van der Waals surface area (Å²) < 4.78 is 6.95. The molecule has 8 nitrogen and oxygen atoms in total. The molecule has 1 aliphatic rings. The van der Waals surface area contributed by atoms with E-state index in [0.29, 0.717) is 22.8 Å². The van der Waals surface area contributed by atoms with Crippen LogP contribution >= 0.6 is 0 Å². The third-order valence-corrected chi connectivity index (χ3v) is 6.12. The first-order chi connectivity index (χ1) is 16.3. The standard InChI is InChI=1S/C26H27N5O3/c1-26(2,3)17-12-10-16(11-13-17)23(32)28-22-15-20(21-9-6-14-34-21)30-31(22)25-27-19-8-5-4-7-18(19)24(33)29-25/h6,9-15H,4-5,7-8H2,1-3H3,(H,28,32)(H,27,29,33). The molecule has 0 atom stereocenters. The number of hydrogen-bond donors (Lipinski definition) is 2. The molecule has 34 heavy (non-hydrogen) atoms. The number of rotatable bonds is 4. The van der Waals surface area contributed by atoms with Crippen LogP contribution in [0.15, 0.2) is 57.9 Å². The number of carbonyl (C=O) groups is 1. The molecule has 8 heteroatoms. The molecule has 1 aromatic carbocycles. The van der Waals surface area contributed by atoms with Crippen LogP contribution in [0.2, 0.25) is 0 Å². The zero-order valence-corrected chi connectivity index (χ0v) is 19.5. The van der Waals surface area contributed by atoms with Crippen molar-refractivity contribution < 1.29 is 9.21 Å². The molecule has 0 aliphatic heterocycles. The maximum Gasteiger partial charge on any atom is 0.256 e. The third-order valence-electron chi connectivity index (χ3n) is 6.12. The fraction of sp³-hybridized carbons (Fsp3) is 0.308. The molecular formula is C26H27N5O3. The number of fused-ring (bicyclic) bond motifs is 1. The fourth-order valence-corrected chi connectivity index (χ4v) is 4.18. The molecule has 5 rings (SSSR count). The molecule has 3 aromatic heterocycles. The van der Waals surface area contributed by atoms with Gasteiger partial charge in [0.15, 0.2) is 5.76 Å². The molecule has 0 radical (unpaired) electrons. The minimum absolute atomic E-state index is 0.00441. The lowest BCUT2D eigenvalue weighted by atomic mass is 9.87. The van der Waals surface area contributed by atoms with Crippen molar-refractivity contribution in [3.8, 4) is 17.4 Å². The van der Waals surface area contributed by atoms with Gasteiger partial charge in [-0.25, -0.2) is 4.98 Å². The predicted octanol–water partition coefficient (Wildman–Crippen LogP) is 4.64. The van der Waals surface area contributed by atoms with Crippen molar-refractivity contribution in [2.45, 2.75) is 51.9 Å². The molecule has 174 valence electrons. The molecule has 0 bridgehead atoms. The second kappa shape index (κ2) is 8.44. The molecule has 0 saturated carbocycles. The van der Waals surface area contributed by atoms with Gasteiger partial charge < -0.3 is 9.73 Å².